The van der Waals surface area contributed by atoms with E-state index in [1.165, 1.54) is 22.4 Å². The van der Waals surface area contributed by atoms with Crippen molar-refractivity contribution in [2.24, 2.45) is 0 Å². The lowest BCUT2D eigenvalue weighted by atomic mass is 10.1. The van der Waals surface area contributed by atoms with Crippen molar-refractivity contribution in [1.82, 2.24) is 4.98 Å². The molecular weight excluding hydrogens is 280 g/mol. The molecule has 1 aliphatic carbocycles. The SMILES string of the molecule is O=c1[nH]c2c3cc4c([nH+]c3sc2c2ccccc12)CCC4. The Morgan fingerprint density at radius 1 is 1.10 bits per heavy atom. The van der Waals surface area contributed by atoms with Crippen LogP contribution in [0.2, 0.25) is 0 Å². The Hall–Kier alpha value is -2.20. The van der Waals surface area contributed by atoms with Gasteiger partial charge in [0.1, 0.15) is 0 Å². The van der Waals surface area contributed by atoms with Gasteiger partial charge in [0.25, 0.3) is 10.4 Å². The van der Waals surface area contributed by atoms with Crippen molar-refractivity contribution in [1.29, 1.82) is 0 Å². The monoisotopic (exact) mass is 293 g/mol. The fourth-order valence-electron chi connectivity index (χ4n) is 3.43. The van der Waals surface area contributed by atoms with Crippen LogP contribution < -0.4 is 10.5 Å². The first-order valence-corrected chi connectivity index (χ1v) is 8.04. The number of hydrogen-bond acceptors (Lipinski definition) is 2. The van der Waals surface area contributed by atoms with E-state index in [1.54, 1.807) is 11.3 Å². The molecule has 0 fully saturated rings. The van der Waals surface area contributed by atoms with E-state index in [0.717, 1.165) is 39.3 Å². The second kappa shape index (κ2) is 3.92. The minimum Gasteiger partial charge on any atom is -0.320 e. The Bertz CT molecular complexity index is 1090. The molecule has 21 heavy (non-hydrogen) atoms. The maximum absolute atomic E-state index is 12.3. The van der Waals surface area contributed by atoms with Gasteiger partial charge in [-0.2, -0.15) is 4.98 Å². The van der Waals surface area contributed by atoms with Crippen LogP contribution in [0.4, 0.5) is 0 Å². The van der Waals surface area contributed by atoms with Crippen LogP contribution in [0.1, 0.15) is 17.7 Å². The van der Waals surface area contributed by atoms with Crippen LogP contribution in [-0.4, -0.2) is 4.98 Å². The van der Waals surface area contributed by atoms with Crippen LogP contribution in [0, 0.1) is 0 Å². The van der Waals surface area contributed by atoms with E-state index in [9.17, 15) is 4.79 Å². The first kappa shape index (κ1) is 11.5. The molecule has 0 aliphatic heterocycles. The van der Waals surface area contributed by atoms with Crippen molar-refractivity contribution in [3.05, 3.63) is 51.9 Å². The highest BCUT2D eigenvalue weighted by atomic mass is 32.1. The van der Waals surface area contributed by atoms with Crippen LogP contribution >= 0.6 is 11.3 Å². The third kappa shape index (κ3) is 1.48. The Labute approximate surface area is 124 Å². The maximum atomic E-state index is 12.3. The molecule has 0 atom stereocenters. The third-order valence-corrected chi connectivity index (χ3v) is 5.60. The number of aromatic nitrogens is 2. The number of benzene rings is 1. The highest BCUT2D eigenvalue weighted by Crippen LogP contribution is 2.35. The second-order valence-corrected chi connectivity index (χ2v) is 6.70. The predicted octanol–water partition coefficient (Wildman–Crippen LogP) is 3.20. The zero-order chi connectivity index (χ0) is 14.0. The van der Waals surface area contributed by atoms with E-state index in [4.69, 9.17) is 0 Å². The van der Waals surface area contributed by atoms with Crippen molar-refractivity contribution in [3.63, 3.8) is 0 Å². The lowest BCUT2D eigenvalue weighted by molar-refractivity contribution is -0.354. The van der Waals surface area contributed by atoms with E-state index < -0.39 is 0 Å². The molecule has 1 aliphatic rings. The summed E-state index contributed by atoms with van der Waals surface area (Å²) in [4.78, 5) is 20.1. The van der Waals surface area contributed by atoms with Crippen LogP contribution in [-0.2, 0) is 12.8 Å². The molecule has 0 saturated carbocycles. The molecule has 1 aromatic carbocycles. The van der Waals surface area contributed by atoms with E-state index >= 15 is 0 Å². The van der Waals surface area contributed by atoms with Gasteiger partial charge in [0.15, 0.2) is 5.69 Å². The third-order valence-electron chi connectivity index (χ3n) is 4.44. The molecule has 3 heterocycles. The number of fused-ring (bicyclic) bond motifs is 6. The predicted molar refractivity (Wildman–Crippen MR) is 86.0 cm³/mol. The molecule has 5 rings (SSSR count). The van der Waals surface area contributed by atoms with Gasteiger partial charge >= 0.3 is 0 Å². The Morgan fingerprint density at radius 3 is 2.86 bits per heavy atom. The summed E-state index contributed by atoms with van der Waals surface area (Å²) >= 11 is 1.74. The molecule has 2 N–H and O–H groups in total. The number of nitrogens with one attached hydrogen (secondary N) is 2. The Morgan fingerprint density at radius 2 is 1.95 bits per heavy atom. The van der Waals surface area contributed by atoms with Gasteiger partial charge in [-0.05, 0) is 25.0 Å². The normalized spacial score (nSPS) is 14.3. The highest BCUT2D eigenvalue weighted by Gasteiger charge is 2.22. The smallest absolute Gasteiger partial charge is 0.270 e. The molecule has 0 saturated heterocycles. The maximum Gasteiger partial charge on any atom is 0.270 e. The standard InChI is InChI=1S/C17H12N2OS/c20-16-11-6-2-1-5-10(11)15-14(19-16)12-8-9-4-3-7-13(9)18-17(12)21-15/h1-2,5-6,8H,3-4,7H2,(H,19,20)/p+1. The molecule has 102 valence electrons. The summed E-state index contributed by atoms with van der Waals surface area (Å²) in [5, 5.41) is 2.97. The largest absolute Gasteiger partial charge is 0.320 e. The first-order valence-electron chi connectivity index (χ1n) is 7.22. The minimum absolute atomic E-state index is 0.00158. The van der Waals surface area contributed by atoms with Crippen molar-refractivity contribution in [3.8, 4) is 0 Å². The summed E-state index contributed by atoms with van der Waals surface area (Å²) in [5.41, 5.74) is 3.74. The van der Waals surface area contributed by atoms with Gasteiger partial charge in [-0.3, -0.25) is 4.79 Å². The lowest BCUT2D eigenvalue weighted by Gasteiger charge is -1.98. The molecule has 0 unspecified atom stereocenters. The molecule has 4 heteroatoms. The van der Waals surface area contributed by atoms with Gasteiger partial charge in [0.2, 0.25) is 0 Å². The zero-order valence-corrected chi connectivity index (χ0v) is 12.1. The number of pyridine rings is 2. The lowest BCUT2D eigenvalue weighted by Crippen LogP contribution is -2.10. The summed E-state index contributed by atoms with van der Waals surface area (Å²) in [6.45, 7) is 0. The second-order valence-electron chi connectivity index (χ2n) is 5.68. The van der Waals surface area contributed by atoms with Crippen LogP contribution in [0.25, 0.3) is 31.2 Å². The summed E-state index contributed by atoms with van der Waals surface area (Å²) in [6.07, 6.45) is 3.49. The van der Waals surface area contributed by atoms with E-state index in [0.29, 0.717) is 0 Å². The van der Waals surface area contributed by atoms with Gasteiger partial charge in [-0.15, -0.1) is 0 Å². The molecule has 0 amide bonds. The average molecular weight is 293 g/mol. The number of aromatic amines is 2. The van der Waals surface area contributed by atoms with Gasteiger partial charge in [0, 0.05) is 22.8 Å². The first-order chi connectivity index (χ1) is 10.3. The van der Waals surface area contributed by atoms with Crippen molar-refractivity contribution in [2.45, 2.75) is 19.3 Å². The van der Waals surface area contributed by atoms with Crippen molar-refractivity contribution < 1.29 is 4.98 Å². The van der Waals surface area contributed by atoms with Gasteiger partial charge < -0.3 is 4.98 Å². The fraction of sp³-hybridized carbons (Fsp3) is 0.176. The number of thiophene rings is 1. The molecule has 4 aromatic rings. The topological polar surface area (TPSA) is 47.0 Å². The van der Waals surface area contributed by atoms with E-state index in [1.807, 2.05) is 24.3 Å². The summed E-state index contributed by atoms with van der Waals surface area (Å²) < 4.78 is 1.17. The minimum atomic E-state index is -0.00158. The highest BCUT2D eigenvalue weighted by molar-refractivity contribution is 7.25. The Balaban J connectivity index is 2.04. The number of rotatable bonds is 0. The van der Waals surface area contributed by atoms with Gasteiger partial charge in [-0.1, -0.05) is 29.5 Å². The zero-order valence-electron chi connectivity index (χ0n) is 11.3. The number of aryl methyl sites for hydroxylation is 2. The van der Waals surface area contributed by atoms with Gasteiger partial charge in [0.05, 0.1) is 15.6 Å². The Kier molecular flexibility index (Phi) is 2.14. The van der Waals surface area contributed by atoms with Crippen molar-refractivity contribution >= 4 is 42.5 Å². The summed E-state index contributed by atoms with van der Waals surface area (Å²) in [5.74, 6) is 0. The number of H-pyrrole nitrogens is 2. The summed E-state index contributed by atoms with van der Waals surface area (Å²) in [7, 11) is 0. The molecular formula is C17H13N2OS+. The van der Waals surface area contributed by atoms with Crippen LogP contribution in [0.5, 0.6) is 0 Å². The molecule has 0 bridgehead atoms. The molecule has 3 aromatic heterocycles. The van der Waals surface area contributed by atoms with E-state index in [2.05, 4.69) is 16.0 Å². The fourth-order valence-corrected chi connectivity index (χ4v) is 4.63. The van der Waals surface area contributed by atoms with Crippen LogP contribution in [0.15, 0.2) is 35.1 Å². The van der Waals surface area contributed by atoms with Gasteiger partial charge in [-0.25, -0.2) is 0 Å². The van der Waals surface area contributed by atoms with E-state index in [-0.39, 0.29) is 5.56 Å². The number of hydrogen-bond donors (Lipinski definition) is 1. The van der Waals surface area contributed by atoms with Crippen molar-refractivity contribution in [2.75, 3.05) is 0 Å². The average Bonchev–Trinajstić information content (AvgIpc) is 3.09. The van der Waals surface area contributed by atoms with Crippen LogP contribution in [0.3, 0.4) is 0 Å². The quantitative estimate of drug-likeness (QED) is 0.532. The molecule has 0 spiro atoms. The molecule has 0 radical (unpaired) electrons. The summed E-state index contributed by atoms with van der Waals surface area (Å²) in [6, 6.07) is 10.1. The molecule has 3 nitrogen and oxygen atoms in total.